The molecule has 26 heavy (non-hydrogen) atoms. The van der Waals surface area contributed by atoms with E-state index in [4.69, 9.17) is 4.74 Å². The van der Waals surface area contributed by atoms with Crippen LogP contribution in [-0.4, -0.2) is 46.2 Å². The Bertz CT molecular complexity index is 736. The fourth-order valence-electron chi connectivity index (χ4n) is 2.93. The van der Waals surface area contributed by atoms with Gasteiger partial charge in [-0.1, -0.05) is 12.1 Å². The van der Waals surface area contributed by atoms with Crippen molar-refractivity contribution in [1.82, 2.24) is 15.4 Å². The number of aliphatic imine (C=N–C) groups is 1. The summed E-state index contributed by atoms with van der Waals surface area (Å²) >= 11 is 0. The number of hydrogen-bond acceptors (Lipinski definition) is 4. The molecule has 1 aliphatic carbocycles. The average molecular weight is 381 g/mol. The predicted molar refractivity (Wildman–Crippen MR) is 102 cm³/mol. The molecule has 7 nitrogen and oxygen atoms in total. The summed E-state index contributed by atoms with van der Waals surface area (Å²) in [7, 11) is -1.67. The second kappa shape index (κ2) is 7.94. The van der Waals surface area contributed by atoms with Gasteiger partial charge in [0, 0.05) is 32.8 Å². The molecule has 1 saturated heterocycles. The fourth-order valence-corrected chi connectivity index (χ4v) is 4.23. The van der Waals surface area contributed by atoms with Gasteiger partial charge in [-0.2, -0.15) is 0 Å². The highest BCUT2D eigenvalue weighted by molar-refractivity contribution is 7.89. The maximum Gasteiger partial charge on any atom is 0.240 e. The van der Waals surface area contributed by atoms with Gasteiger partial charge in [0.2, 0.25) is 10.0 Å². The molecule has 0 spiro atoms. The van der Waals surface area contributed by atoms with Crippen molar-refractivity contribution in [3.8, 4) is 0 Å². The van der Waals surface area contributed by atoms with Crippen molar-refractivity contribution in [2.45, 2.75) is 55.7 Å². The van der Waals surface area contributed by atoms with Crippen LogP contribution in [0, 0.1) is 0 Å². The number of guanidine groups is 1. The summed E-state index contributed by atoms with van der Waals surface area (Å²) in [6.45, 7) is 4.19. The van der Waals surface area contributed by atoms with E-state index in [1.807, 2.05) is 12.1 Å². The van der Waals surface area contributed by atoms with Gasteiger partial charge in [-0.25, -0.2) is 13.1 Å². The Morgan fingerprint density at radius 3 is 2.58 bits per heavy atom. The van der Waals surface area contributed by atoms with Crippen LogP contribution in [0.2, 0.25) is 0 Å². The second-order valence-electron chi connectivity index (χ2n) is 7.22. The SMILES string of the molecule is CN=C(NCc1ccc(S(=O)(=O)NC2CC2)cc1)NCC1(C)CCCO1. The molecule has 1 heterocycles. The summed E-state index contributed by atoms with van der Waals surface area (Å²) < 4.78 is 32.8. The number of rotatable bonds is 7. The lowest BCUT2D eigenvalue weighted by molar-refractivity contribution is 0.0243. The Balaban J connectivity index is 1.50. The molecule has 2 aliphatic rings. The second-order valence-corrected chi connectivity index (χ2v) is 8.93. The molecule has 0 radical (unpaired) electrons. The van der Waals surface area contributed by atoms with Crippen LogP contribution in [0.25, 0.3) is 0 Å². The minimum Gasteiger partial charge on any atom is -0.373 e. The van der Waals surface area contributed by atoms with Crippen molar-refractivity contribution in [3.05, 3.63) is 29.8 Å². The van der Waals surface area contributed by atoms with Gasteiger partial charge in [0.15, 0.2) is 5.96 Å². The highest BCUT2D eigenvalue weighted by Crippen LogP contribution is 2.24. The zero-order valence-electron chi connectivity index (χ0n) is 15.4. The molecule has 1 aliphatic heterocycles. The van der Waals surface area contributed by atoms with Crippen molar-refractivity contribution in [2.24, 2.45) is 4.99 Å². The van der Waals surface area contributed by atoms with Crippen molar-refractivity contribution >= 4 is 16.0 Å². The quantitative estimate of drug-likeness (QED) is 0.491. The largest absolute Gasteiger partial charge is 0.373 e. The smallest absolute Gasteiger partial charge is 0.240 e. The first-order chi connectivity index (χ1) is 12.4. The number of nitrogens with zero attached hydrogens (tertiary/aromatic N) is 1. The van der Waals surface area contributed by atoms with Gasteiger partial charge < -0.3 is 15.4 Å². The molecule has 2 fully saturated rings. The Morgan fingerprint density at radius 1 is 1.27 bits per heavy atom. The number of sulfonamides is 1. The van der Waals surface area contributed by atoms with E-state index < -0.39 is 10.0 Å². The van der Waals surface area contributed by atoms with E-state index >= 15 is 0 Å². The zero-order valence-corrected chi connectivity index (χ0v) is 16.2. The van der Waals surface area contributed by atoms with Crippen LogP contribution in [0.1, 0.15) is 38.2 Å². The lowest BCUT2D eigenvalue weighted by Gasteiger charge is -2.24. The Kier molecular flexibility index (Phi) is 5.84. The Hall–Kier alpha value is -1.64. The van der Waals surface area contributed by atoms with Gasteiger partial charge >= 0.3 is 0 Å². The number of hydrogen-bond donors (Lipinski definition) is 3. The number of ether oxygens (including phenoxy) is 1. The van der Waals surface area contributed by atoms with E-state index in [0.29, 0.717) is 23.9 Å². The number of benzene rings is 1. The lowest BCUT2D eigenvalue weighted by Crippen LogP contribution is -2.45. The van der Waals surface area contributed by atoms with Crippen LogP contribution >= 0.6 is 0 Å². The maximum absolute atomic E-state index is 12.2. The molecule has 0 bridgehead atoms. The van der Waals surface area contributed by atoms with Gasteiger partial charge in [0.25, 0.3) is 0 Å². The van der Waals surface area contributed by atoms with E-state index in [-0.39, 0.29) is 11.6 Å². The summed E-state index contributed by atoms with van der Waals surface area (Å²) in [5, 5.41) is 6.54. The van der Waals surface area contributed by atoms with Gasteiger partial charge in [0.05, 0.1) is 10.5 Å². The average Bonchev–Trinajstić information content (AvgIpc) is 3.32. The molecule has 3 rings (SSSR count). The standard InChI is InChI=1S/C18H28N4O3S/c1-18(10-3-11-25-18)13-21-17(19-2)20-12-14-4-8-16(9-5-14)26(23,24)22-15-6-7-15/h4-5,8-9,15,22H,3,6-7,10-13H2,1-2H3,(H2,19,20,21). The molecular formula is C18H28N4O3S. The van der Waals surface area contributed by atoms with Crippen LogP contribution < -0.4 is 15.4 Å². The maximum atomic E-state index is 12.2. The van der Waals surface area contributed by atoms with Gasteiger partial charge in [0.1, 0.15) is 0 Å². The van der Waals surface area contributed by atoms with Crippen LogP contribution in [-0.2, 0) is 21.3 Å². The molecule has 0 amide bonds. The topological polar surface area (TPSA) is 91.8 Å². The molecule has 3 N–H and O–H groups in total. The highest BCUT2D eigenvalue weighted by atomic mass is 32.2. The Morgan fingerprint density at radius 2 is 2.00 bits per heavy atom. The summed E-state index contributed by atoms with van der Waals surface area (Å²) in [5.74, 6) is 0.703. The van der Waals surface area contributed by atoms with E-state index in [1.165, 1.54) is 0 Å². The summed E-state index contributed by atoms with van der Waals surface area (Å²) in [6, 6.07) is 7.05. The zero-order chi connectivity index (χ0) is 18.6. The molecule has 1 saturated carbocycles. The minimum absolute atomic E-state index is 0.112. The van der Waals surface area contributed by atoms with Crippen molar-refractivity contribution in [2.75, 3.05) is 20.2 Å². The first-order valence-corrected chi connectivity index (χ1v) is 10.6. The fraction of sp³-hybridized carbons (Fsp3) is 0.611. The van der Waals surface area contributed by atoms with Crippen molar-refractivity contribution < 1.29 is 13.2 Å². The van der Waals surface area contributed by atoms with E-state index in [9.17, 15) is 8.42 Å². The summed E-state index contributed by atoms with van der Waals surface area (Å²) in [6.07, 6.45) is 3.99. The minimum atomic E-state index is -3.40. The summed E-state index contributed by atoms with van der Waals surface area (Å²) in [5.41, 5.74) is 0.851. The van der Waals surface area contributed by atoms with Crippen LogP contribution in [0.4, 0.5) is 0 Å². The molecule has 0 aromatic heterocycles. The van der Waals surface area contributed by atoms with Crippen molar-refractivity contribution in [3.63, 3.8) is 0 Å². The molecule has 144 valence electrons. The molecule has 1 unspecified atom stereocenters. The first-order valence-electron chi connectivity index (χ1n) is 9.10. The van der Waals surface area contributed by atoms with Crippen LogP contribution in [0.5, 0.6) is 0 Å². The van der Waals surface area contributed by atoms with Gasteiger partial charge in [-0.15, -0.1) is 0 Å². The monoisotopic (exact) mass is 380 g/mol. The van der Waals surface area contributed by atoms with Crippen LogP contribution in [0.15, 0.2) is 34.2 Å². The lowest BCUT2D eigenvalue weighted by atomic mass is 10.0. The third-order valence-electron chi connectivity index (χ3n) is 4.75. The van der Waals surface area contributed by atoms with Gasteiger partial charge in [-0.3, -0.25) is 4.99 Å². The third kappa shape index (κ3) is 5.18. The van der Waals surface area contributed by atoms with Gasteiger partial charge in [-0.05, 0) is 50.3 Å². The molecular weight excluding hydrogens is 352 g/mol. The van der Waals surface area contributed by atoms with Crippen LogP contribution in [0.3, 0.4) is 0 Å². The van der Waals surface area contributed by atoms with E-state index in [2.05, 4.69) is 27.3 Å². The molecule has 1 atom stereocenters. The van der Waals surface area contributed by atoms with E-state index in [1.54, 1.807) is 19.2 Å². The Labute approximate surface area is 155 Å². The molecule has 1 aromatic carbocycles. The van der Waals surface area contributed by atoms with Crippen molar-refractivity contribution in [1.29, 1.82) is 0 Å². The highest BCUT2D eigenvalue weighted by Gasteiger charge is 2.30. The first kappa shape index (κ1) is 19.1. The number of nitrogens with one attached hydrogen (secondary N) is 3. The predicted octanol–water partition coefficient (Wildman–Crippen LogP) is 1.36. The van der Waals surface area contributed by atoms with E-state index in [0.717, 1.165) is 37.9 Å². The third-order valence-corrected chi connectivity index (χ3v) is 6.28. The molecule has 1 aromatic rings. The summed E-state index contributed by atoms with van der Waals surface area (Å²) in [4.78, 5) is 4.53. The molecule has 8 heteroatoms. The normalized spacial score (nSPS) is 23.8.